The Balaban J connectivity index is 1.23. The molecule has 2 amide bonds. The number of rotatable bonds is 5. The highest BCUT2D eigenvalue weighted by Gasteiger charge is 2.51. The third-order valence-electron chi connectivity index (χ3n) is 7.93. The zero-order chi connectivity index (χ0) is 18.6. The minimum atomic E-state index is -0.157. The van der Waals surface area contributed by atoms with Crippen LogP contribution in [0.5, 0.6) is 0 Å². The molecule has 144 valence electrons. The van der Waals surface area contributed by atoms with Crippen molar-refractivity contribution >= 4 is 11.8 Å². The molecule has 0 aromatic heterocycles. The molecule has 27 heavy (non-hydrogen) atoms. The molecule has 4 saturated carbocycles. The van der Waals surface area contributed by atoms with Crippen molar-refractivity contribution in [1.29, 1.82) is 0 Å². The van der Waals surface area contributed by atoms with Gasteiger partial charge in [-0.1, -0.05) is 29.8 Å². The van der Waals surface area contributed by atoms with Crippen LogP contribution in [0.2, 0.25) is 0 Å². The number of hydrogen-bond acceptors (Lipinski definition) is 2. The number of amides is 2. The van der Waals surface area contributed by atoms with Gasteiger partial charge in [0.15, 0.2) is 0 Å². The van der Waals surface area contributed by atoms with Crippen molar-refractivity contribution in [2.45, 2.75) is 64.7 Å². The lowest BCUT2D eigenvalue weighted by molar-refractivity contribution is -0.140. The molecule has 0 N–H and O–H groups in total. The summed E-state index contributed by atoms with van der Waals surface area (Å²) in [4.78, 5) is 27.1. The summed E-state index contributed by atoms with van der Waals surface area (Å²) >= 11 is 0. The van der Waals surface area contributed by atoms with E-state index in [0.717, 1.165) is 24.2 Å². The average molecular weight is 366 g/mol. The number of hydrogen-bond donors (Lipinski definition) is 0. The van der Waals surface area contributed by atoms with Crippen LogP contribution in [0, 0.1) is 36.0 Å². The Morgan fingerprint density at radius 1 is 1.04 bits per heavy atom. The van der Waals surface area contributed by atoms with Crippen LogP contribution in [-0.2, 0) is 16.0 Å². The first-order valence-corrected chi connectivity index (χ1v) is 10.9. The Hall–Kier alpha value is -1.64. The first-order chi connectivity index (χ1) is 13.0. The fourth-order valence-electron chi connectivity index (χ4n) is 7.21. The van der Waals surface area contributed by atoms with Crippen LogP contribution in [0.25, 0.3) is 0 Å². The maximum absolute atomic E-state index is 12.9. The lowest BCUT2D eigenvalue weighted by Crippen LogP contribution is -2.47. The zero-order valence-corrected chi connectivity index (χ0v) is 16.5. The van der Waals surface area contributed by atoms with Gasteiger partial charge in [0.25, 0.3) is 0 Å². The van der Waals surface area contributed by atoms with Crippen molar-refractivity contribution in [3.05, 3.63) is 35.4 Å². The monoisotopic (exact) mass is 365 g/mol. The summed E-state index contributed by atoms with van der Waals surface area (Å²) in [7, 11) is 0. The minimum absolute atomic E-state index is 0.0578. The van der Waals surface area contributed by atoms with Crippen LogP contribution >= 0.6 is 0 Å². The van der Waals surface area contributed by atoms with Crippen LogP contribution in [0.1, 0.15) is 62.5 Å². The number of carbonyl (C=O) groups excluding carboxylic acids is 2. The normalized spacial score (nSPS) is 37.4. The smallest absolute Gasteiger partial charge is 0.233 e. The predicted molar refractivity (Wildman–Crippen MR) is 105 cm³/mol. The van der Waals surface area contributed by atoms with Crippen molar-refractivity contribution < 1.29 is 9.59 Å². The fourth-order valence-corrected chi connectivity index (χ4v) is 7.21. The maximum Gasteiger partial charge on any atom is 0.233 e. The second-order valence-corrected chi connectivity index (χ2v) is 10.1. The van der Waals surface area contributed by atoms with E-state index in [-0.39, 0.29) is 17.7 Å². The predicted octanol–water partition coefficient (Wildman–Crippen LogP) is 4.52. The van der Waals surface area contributed by atoms with Crippen molar-refractivity contribution in [3.8, 4) is 0 Å². The molecule has 1 aromatic rings. The van der Waals surface area contributed by atoms with Gasteiger partial charge in [0, 0.05) is 13.0 Å². The molecule has 1 atom stereocenters. The first-order valence-electron chi connectivity index (χ1n) is 10.9. The van der Waals surface area contributed by atoms with Crippen LogP contribution in [-0.4, -0.2) is 23.3 Å². The van der Waals surface area contributed by atoms with E-state index in [1.165, 1.54) is 49.7 Å². The van der Waals surface area contributed by atoms with Crippen molar-refractivity contribution in [3.63, 3.8) is 0 Å². The van der Waals surface area contributed by atoms with Gasteiger partial charge in [-0.25, -0.2) is 0 Å². The number of nitrogens with zero attached hydrogens (tertiary/aromatic N) is 1. The summed E-state index contributed by atoms with van der Waals surface area (Å²) in [6, 6.07) is 8.32. The maximum atomic E-state index is 12.9. The molecule has 3 nitrogen and oxygen atoms in total. The number of carbonyl (C=O) groups is 2. The number of aryl methyl sites for hydroxylation is 1. The molecule has 1 aliphatic heterocycles. The van der Waals surface area contributed by atoms with Gasteiger partial charge in [-0.15, -0.1) is 0 Å². The van der Waals surface area contributed by atoms with Crippen LogP contribution in [0.15, 0.2) is 24.3 Å². The minimum Gasteiger partial charge on any atom is -0.282 e. The van der Waals surface area contributed by atoms with Crippen molar-refractivity contribution in [2.24, 2.45) is 29.1 Å². The summed E-state index contributed by atoms with van der Waals surface area (Å²) in [5, 5.41) is 0. The highest BCUT2D eigenvalue weighted by molar-refractivity contribution is 6.03. The Kier molecular flexibility index (Phi) is 4.18. The number of benzene rings is 1. The van der Waals surface area contributed by atoms with E-state index in [2.05, 4.69) is 25.1 Å². The SMILES string of the molecule is Cc1cccc(C[C@H]2CC(=O)N(CCC34CC5CC(CC(C5)C3)C4)C2=O)c1. The lowest BCUT2D eigenvalue weighted by atomic mass is 9.49. The topological polar surface area (TPSA) is 37.4 Å². The van der Waals surface area contributed by atoms with Gasteiger partial charge in [-0.2, -0.15) is 0 Å². The van der Waals surface area contributed by atoms with Crippen LogP contribution in [0.4, 0.5) is 0 Å². The van der Waals surface area contributed by atoms with E-state index >= 15 is 0 Å². The summed E-state index contributed by atoms with van der Waals surface area (Å²) in [6.07, 6.45) is 10.5. The standard InChI is InChI=1S/C24H31NO2/c1-16-3-2-4-17(7-16)11-21-12-22(26)25(23(21)27)6-5-24-13-18-8-19(14-24)10-20(9-18)15-24/h2-4,7,18-21H,5-6,8-15H2,1H3/t18?,19?,20?,21-,24?/m0/s1. The van der Waals surface area contributed by atoms with Gasteiger partial charge in [0.05, 0.1) is 5.92 Å². The van der Waals surface area contributed by atoms with Crippen molar-refractivity contribution in [1.82, 2.24) is 4.90 Å². The number of likely N-dealkylation sites (tertiary alicyclic amines) is 1. The van der Waals surface area contributed by atoms with E-state index in [9.17, 15) is 9.59 Å². The Morgan fingerprint density at radius 3 is 2.33 bits per heavy atom. The van der Waals surface area contributed by atoms with Gasteiger partial charge < -0.3 is 0 Å². The molecule has 0 spiro atoms. The molecule has 6 rings (SSSR count). The number of imide groups is 1. The van der Waals surface area contributed by atoms with E-state index < -0.39 is 0 Å². The molecule has 4 bridgehead atoms. The molecular formula is C24H31NO2. The molecule has 1 saturated heterocycles. The van der Waals surface area contributed by atoms with E-state index in [1.807, 2.05) is 6.07 Å². The third kappa shape index (κ3) is 3.23. The molecule has 0 unspecified atom stereocenters. The summed E-state index contributed by atoms with van der Waals surface area (Å²) in [5.74, 6) is 2.75. The molecule has 5 aliphatic rings. The van der Waals surface area contributed by atoms with Gasteiger partial charge in [0.1, 0.15) is 0 Å². The zero-order valence-electron chi connectivity index (χ0n) is 16.5. The van der Waals surface area contributed by atoms with E-state index in [0.29, 0.717) is 24.8 Å². The Morgan fingerprint density at radius 2 is 1.70 bits per heavy atom. The molecule has 5 fully saturated rings. The Labute approximate surface area is 162 Å². The summed E-state index contributed by atoms with van der Waals surface area (Å²) in [6.45, 7) is 2.73. The highest BCUT2D eigenvalue weighted by Crippen LogP contribution is 2.61. The molecular weight excluding hydrogens is 334 g/mol. The van der Waals surface area contributed by atoms with E-state index in [1.54, 1.807) is 4.90 Å². The second-order valence-electron chi connectivity index (χ2n) is 10.1. The third-order valence-corrected chi connectivity index (χ3v) is 7.93. The summed E-state index contributed by atoms with van der Waals surface area (Å²) in [5.41, 5.74) is 2.82. The lowest BCUT2D eigenvalue weighted by Gasteiger charge is -2.57. The van der Waals surface area contributed by atoms with E-state index in [4.69, 9.17) is 0 Å². The van der Waals surface area contributed by atoms with Crippen LogP contribution < -0.4 is 0 Å². The Bertz CT molecular complexity index is 732. The molecule has 3 heteroatoms. The molecule has 1 heterocycles. The molecule has 0 radical (unpaired) electrons. The largest absolute Gasteiger partial charge is 0.282 e. The van der Waals surface area contributed by atoms with Crippen LogP contribution in [0.3, 0.4) is 0 Å². The quantitative estimate of drug-likeness (QED) is 0.720. The van der Waals surface area contributed by atoms with Gasteiger partial charge in [-0.05, 0) is 87.0 Å². The highest BCUT2D eigenvalue weighted by atomic mass is 16.2. The first kappa shape index (κ1) is 17.5. The molecule has 1 aromatic carbocycles. The fraction of sp³-hybridized carbons (Fsp3) is 0.667. The van der Waals surface area contributed by atoms with Gasteiger partial charge >= 0.3 is 0 Å². The van der Waals surface area contributed by atoms with Gasteiger partial charge in [0.2, 0.25) is 11.8 Å². The summed E-state index contributed by atoms with van der Waals surface area (Å²) < 4.78 is 0. The average Bonchev–Trinajstić information content (AvgIpc) is 2.85. The second kappa shape index (κ2) is 6.46. The van der Waals surface area contributed by atoms with Gasteiger partial charge in [-0.3, -0.25) is 14.5 Å². The molecule has 4 aliphatic carbocycles. The van der Waals surface area contributed by atoms with Crippen molar-refractivity contribution in [2.75, 3.05) is 6.54 Å².